The summed E-state index contributed by atoms with van der Waals surface area (Å²) >= 11 is 0. The van der Waals surface area contributed by atoms with Gasteiger partial charge in [-0.25, -0.2) is 0 Å². The van der Waals surface area contributed by atoms with Gasteiger partial charge in [-0.1, -0.05) is 6.07 Å². The van der Waals surface area contributed by atoms with Gasteiger partial charge in [-0.2, -0.15) is 0 Å². The highest BCUT2D eigenvalue weighted by molar-refractivity contribution is 5.96. The number of hydrogen-bond acceptors (Lipinski definition) is 2. The molecule has 0 aliphatic rings. The number of carbonyl (C=O) groups excluding carboxylic acids is 1. The van der Waals surface area contributed by atoms with E-state index < -0.39 is 0 Å². The lowest BCUT2D eigenvalue weighted by molar-refractivity contribution is 0.0960. The molecular formula is C9H11NO2. The molecule has 0 fully saturated rings. The third-order valence-corrected chi connectivity index (χ3v) is 1.62. The zero-order chi connectivity index (χ0) is 9.14. The van der Waals surface area contributed by atoms with Crippen LogP contribution in [0.15, 0.2) is 18.2 Å². The maximum Gasteiger partial charge on any atom is 0.254 e. The topological polar surface area (TPSA) is 49.3 Å². The van der Waals surface area contributed by atoms with Gasteiger partial charge < -0.3 is 10.4 Å². The normalized spacial score (nSPS) is 9.50. The second-order valence-electron chi connectivity index (χ2n) is 2.60. The van der Waals surface area contributed by atoms with Crippen molar-refractivity contribution in [3.63, 3.8) is 0 Å². The van der Waals surface area contributed by atoms with Crippen LogP contribution in [-0.4, -0.2) is 18.1 Å². The van der Waals surface area contributed by atoms with Crippen LogP contribution in [0, 0.1) is 6.92 Å². The maximum atomic E-state index is 11.1. The van der Waals surface area contributed by atoms with Crippen LogP contribution in [0.2, 0.25) is 0 Å². The molecule has 0 aliphatic heterocycles. The van der Waals surface area contributed by atoms with Gasteiger partial charge in [0.1, 0.15) is 5.75 Å². The number of phenols is 1. The first kappa shape index (κ1) is 8.59. The van der Waals surface area contributed by atoms with Crippen molar-refractivity contribution in [3.8, 4) is 5.75 Å². The van der Waals surface area contributed by atoms with Gasteiger partial charge in [0.05, 0.1) is 5.56 Å². The molecule has 3 nitrogen and oxygen atoms in total. The summed E-state index contributed by atoms with van der Waals surface area (Å²) in [6.07, 6.45) is 0. The van der Waals surface area contributed by atoms with E-state index in [9.17, 15) is 9.90 Å². The number of carbonyl (C=O) groups is 1. The second kappa shape index (κ2) is 3.26. The molecule has 0 saturated heterocycles. The van der Waals surface area contributed by atoms with E-state index in [4.69, 9.17) is 0 Å². The Balaban J connectivity index is 3.09. The average molecular weight is 165 g/mol. The van der Waals surface area contributed by atoms with Gasteiger partial charge in [-0.05, 0) is 24.6 Å². The van der Waals surface area contributed by atoms with Crippen molar-refractivity contribution in [2.75, 3.05) is 7.05 Å². The Bertz CT molecular complexity index is 307. The highest BCUT2D eigenvalue weighted by Gasteiger charge is 2.07. The van der Waals surface area contributed by atoms with Crippen LogP contribution in [0.3, 0.4) is 0 Å². The third kappa shape index (κ3) is 1.56. The minimum absolute atomic E-state index is 0.0225. The summed E-state index contributed by atoms with van der Waals surface area (Å²) in [5.74, 6) is -0.248. The molecule has 0 atom stereocenters. The average Bonchev–Trinajstić information content (AvgIpc) is 2.03. The van der Waals surface area contributed by atoms with Crippen LogP contribution in [0.4, 0.5) is 0 Å². The van der Waals surface area contributed by atoms with Crippen molar-refractivity contribution in [1.82, 2.24) is 5.32 Å². The minimum atomic E-state index is -0.271. The van der Waals surface area contributed by atoms with Gasteiger partial charge in [0, 0.05) is 7.05 Å². The summed E-state index contributed by atoms with van der Waals surface area (Å²) in [5, 5.41) is 11.8. The zero-order valence-corrected chi connectivity index (χ0v) is 7.09. The predicted molar refractivity (Wildman–Crippen MR) is 46.2 cm³/mol. The molecule has 0 radical (unpaired) electrons. The molecule has 0 unspecified atom stereocenters. The van der Waals surface area contributed by atoms with Crippen LogP contribution in [0.25, 0.3) is 0 Å². The van der Waals surface area contributed by atoms with Gasteiger partial charge in [0.2, 0.25) is 0 Å². The number of aromatic hydroxyl groups is 1. The lowest BCUT2D eigenvalue weighted by atomic mass is 10.1. The highest BCUT2D eigenvalue weighted by atomic mass is 16.3. The van der Waals surface area contributed by atoms with Crippen molar-refractivity contribution >= 4 is 5.91 Å². The number of hydrogen-bond donors (Lipinski definition) is 2. The number of aryl methyl sites for hydroxylation is 1. The Hall–Kier alpha value is -1.51. The molecule has 0 bridgehead atoms. The molecule has 0 heterocycles. The van der Waals surface area contributed by atoms with Gasteiger partial charge in [-0.15, -0.1) is 0 Å². The molecule has 1 aromatic carbocycles. The lowest BCUT2D eigenvalue weighted by Crippen LogP contribution is -2.17. The van der Waals surface area contributed by atoms with Crippen LogP contribution >= 0.6 is 0 Å². The Morgan fingerprint density at radius 1 is 1.50 bits per heavy atom. The fraction of sp³-hybridized carbons (Fsp3) is 0.222. The highest BCUT2D eigenvalue weighted by Crippen LogP contribution is 2.17. The van der Waals surface area contributed by atoms with E-state index >= 15 is 0 Å². The molecule has 2 N–H and O–H groups in total. The summed E-state index contributed by atoms with van der Waals surface area (Å²) < 4.78 is 0. The summed E-state index contributed by atoms with van der Waals surface area (Å²) in [6.45, 7) is 1.85. The van der Waals surface area contributed by atoms with Crippen molar-refractivity contribution in [1.29, 1.82) is 0 Å². The first-order chi connectivity index (χ1) is 5.65. The molecule has 1 rings (SSSR count). The molecule has 1 aromatic rings. The van der Waals surface area contributed by atoms with Crippen molar-refractivity contribution in [3.05, 3.63) is 29.3 Å². The first-order valence-corrected chi connectivity index (χ1v) is 3.67. The van der Waals surface area contributed by atoms with E-state index in [1.54, 1.807) is 18.2 Å². The van der Waals surface area contributed by atoms with Crippen LogP contribution in [0.5, 0.6) is 5.75 Å². The predicted octanol–water partition coefficient (Wildman–Crippen LogP) is 1.06. The number of phenolic OH excluding ortho intramolecular Hbond substituents is 1. The van der Waals surface area contributed by atoms with Crippen LogP contribution < -0.4 is 5.32 Å². The zero-order valence-electron chi connectivity index (χ0n) is 7.09. The standard InChI is InChI=1S/C9H11NO2/c1-6-3-4-7(8(11)5-6)9(12)10-2/h3-5,11H,1-2H3,(H,10,12). The maximum absolute atomic E-state index is 11.1. The summed E-state index contributed by atoms with van der Waals surface area (Å²) in [6, 6.07) is 4.94. The van der Waals surface area contributed by atoms with Crippen molar-refractivity contribution in [2.45, 2.75) is 6.92 Å². The third-order valence-electron chi connectivity index (χ3n) is 1.62. The summed E-state index contributed by atoms with van der Waals surface area (Å²) in [5.41, 5.74) is 1.24. The number of rotatable bonds is 1. The van der Waals surface area contributed by atoms with E-state index in [2.05, 4.69) is 5.32 Å². The Morgan fingerprint density at radius 3 is 2.67 bits per heavy atom. The molecule has 0 saturated carbocycles. The molecule has 0 spiro atoms. The van der Waals surface area contributed by atoms with Crippen LogP contribution in [-0.2, 0) is 0 Å². The Morgan fingerprint density at radius 2 is 2.17 bits per heavy atom. The first-order valence-electron chi connectivity index (χ1n) is 3.67. The molecule has 64 valence electrons. The van der Waals surface area contributed by atoms with Gasteiger partial charge in [-0.3, -0.25) is 4.79 Å². The number of benzene rings is 1. The summed E-state index contributed by atoms with van der Waals surface area (Å²) in [7, 11) is 1.53. The minimum Gasteiger partial charge on any atom is -0.507 e. The van der Waals surface area contributed by atoms with E-state index in [0.29, 0.717) is 5.56 Å². The van der Waals surface area contributed by atoms with E-state index in [0.717, 1.165) is 5.56 Å². The Labute approximate surface area is 71.0 Å². The lowest BCUT2D eigenvalue weighted by Gasteiger charge is -2.02. The van der Waals surface area contributed by atoms with Crippen LogP contribution in [0.1, 0.15) is 15.9 Å². The molecule has 3 heteroatoms. The molecule has 1 amide bonds. The van der Waals surface area contributed by atoms with E-state index in [-0.39, 0.29) is 11.7 Å². The van der Waals surface area contributed by atoms with Crippen molar-refractivity contribution < 1.29 is 9.90 Å². The second-order valence-corrected chi connectivity index (χ2v) is 2.60. The van der Waals surface area contributed by atoms with E-state index in [1.165, 1.54) is 7.05 Å². The van der Waals surface area contributed by atoms with Gasteiger partial charge in [0.15, 0.2) is 0 Å². The van der Waals surface area contributed by atoms with Gasteiger partial charge >= 0.3 is 0 Å². The fourth-order valence-electron chi connectivity index (χ4n) is 0.968. The fourth-order valence-corrected chi connectivity index (χ4v) is 0.968. The number of nitrogens with one attached hydrogen (secondary N) is 1. The quantitative estimate of drug-likeness (QED) is 0.653. The van der Waals surface area contributed by atoms with E-state index in [1.807, 2.05) is 6.92 Å². The monoisotopic (exact) mass is 165 g/mol. The smallest absolute Gasteiger partial charge is 0.254 e. The van der Waals surface area contributed by atoms with Gasteiger partial charge in [0.25, 0.3) is 5.91 Å². The van der Waals surface area contributed by atoms with Crippen molar-refractivity contribution in [2.24, 2.45) is 0 Å². The SMILES string of the molecule is CNC(=O)c1ccc(C)cc1O. The largest absolute Gasteiger partial charge is 0.507 e. The summed E-state index contributed by atoms with van der Waals surface area (Å²) in [4.78, 5) is 11.1. The number of amides is 1. The Kier molecular flexibility index (Phi) is 2.33. The molecular weight excluding hydrogens is 154 g/mol. The molecule has 12 heavy (non-hydrogen) atoms. The molecule has 0 aromatic heterocycles. The molecule has 0 aliphatic carbocycles.